The lowest BCUT2D eigenvalue weighted by molar-refractivity contribution is 0.0379. The number of aromatic nitrogens is 3. The summed E-state index contributed by atoms with van der Waals surface area (Å²) in [6.45, 7) is 8.69. The highest BCUT2D eigenvalue weighted by molar-refractivity contribution is 7.18. The van der Waals surface area contributed by atoms with Crippen LogP contribution in [0.4, 0.5) is 5.00 Å². The summed E-state index contributed by atoms with van der Waals surface area (Å²) in [5, 5.41) is 7.08. The van der Waals surface area contributed by atoms with Gasteiger partial charge < -0.3 is 15.8 Å². The summed E-state index contributed by atoms with van der Waals surface area (Å²) in [6.07, 6.45) is 1.04. The van der Waals surface area contributed by atoms with Crippen LogP contribution in [-0.4, -0.2) is 38.5 Å². The van der Waals surface area contributed by atoms with Gasteiger partial charge in [0, 0.05) is 11.4 Å². The first-order valence-electron chi connectivity index (χ1n) is 8.87. The summed E-state index contributed by atoms with van der Waals surface area (Å²) in [4.78, 5) is 41.8. The van der Waals surface area contributed by atoms with Gasteiger partial charge in [-0.15, -0.1) is 11.3 Å². The van der Waals surface area contributed by atoms with E-state index in [4.69, 9.17) is 10.5 Å². The predicted molar refractivity (Wildman–Crippen MR) is 109 cm³/mol. The molecule has 10 heteroatoms. The highest BCUT2D eigenvalue weighted by Crippen LogP contribution is 2.34. The molecular weight excluding hydrogens is 394 g/mol. The lowest BCUT2D eigenvalue weighted by Gasteiger charge is -2.10. The van der Waals surface area contributed by atoms with Gasteiger partial charge in [0.25, 0.3) is 11.8 Å². The van der Waals surface area contributed by atoms with E-state index in [-0.39, 0.29) is 27.1 Å². The van der Waals surface area contributed by atoms with Gasteiger partial charge in [0.05, 0.1) is 22.7 Å². The molecule has 0 fully saturated rings. The van der Waals surface area contributed by atoms with Crippen molar-refractivity contribution in [3.8, 4) is 0 Å². The number of ether oxygens (including phenoxy) is 1. The lowest BCUT2D eigenvalue weighted by Crippen LogP contribution is -2.17. The van der Waals surface area contributed by atoms with Gasteiger partial charge in [-0.3, -0.25) is 9.59 Å². The smallest absolute Gasteiger partial charge is 0.341 e. The van der Waals surface area contributed by atoms with Crippen LogP contribution < -0.4 is 11.1 Å². The third-order valence-corrected chi connectivity index (χ3v) is 5.39. The number of thiophene rings is 1. The van der Waals surface area contributed by atoms with Crippen molar-refractivity contribution in [3.63, 3.8) is 0 Å². The summed E-state index contributed by atoms with van der Waals surface area (Å²) in [5.41, 5.74) is 8.11. The molecule has 3 aromatic heterocycles. The van der Waals surface area contributed by atoms with Crippen molar-refractivity contribution in [2.45, 2.75) is 40.7 Å². The number of hydrogen-bond acceptors (Lipinski definition) is 7. The largest absolute Gasteiger partial charge is 0.459 e. The number of rotatable bonds is 5. The molecule has 0 radical (unpaired) electrons. The maximum atomic E-state index is 12.9. The first-order chi connectivity index (χ1) is 13.6. The van der Waals surface area contributed by atoms with E-state index >= 15 is 0 Å². The van der Waals surface area contributed by atoms with Crippen molar-refractivity contribution in [2.75, 3.05) is 5.32 Å². The van der Waals surface area contributed by atoms with E-state index in [2.05, 4.69) is 15.4 Å². The van der Waals surface area contributed by atoms with Gasteiger partial charge in [-0.1, -0.05) is 0 Å². The minimum Gasteiger partial charge on any atom is -0.459 e. The van der Waals surface area contributed by atoms with Crippen molar-refractivity contribution in [1.29, 1.82) is 0 Å². The Kier molecular flexibility index (Phi) is 5.38. The average Bonchev–Trinajstić information content (AvgIpc) is 3.15. The van der Waals surface area contributed by atoms with Crippen LogP contribution in [0.25, 0.3) is 5.65 Å². The monoisotopic (exact) mass is 415 g/mol. The molecule has 29 heavy (non-hydrogen) atoms. The zero-order valence-electron chi connectivity index (χ0n) is 16.7. The standard InChI is InChI=1S/C19H21N5O4S/c1-8(2)28-19(27)13-11(5)14(15(20)25)29-18(13)23-17(26)12-7-21-24-10(4)6-9(3)22-16(12)24/h6-8H,1-5H3,(H2,20,25)(H,23,26). The third-order valence-electron chi connectivity index (χ3n) is 4.17. The second-order valence-corrected chi connectivity index (χ2v) is 7.89. The van der Waals surface area contributed by atoms with Crippen molar-refractivity contribution >= 4 is 39.8 Å². The summed E-state index contributed by atoms with van der Waals surface area (Å²) >= 11 is 0.932. The molecule has 0 aliphatic rings. The van der Waals surface area contributed by atoms with E-state index in [0.29, 0.717) is 11.2 Å². The number of nitrogens with one attached hydrogen (secondary N) is 1. The normalized spacial score (nSPS) is 11.1. The molecule has 0 saturated carbocycles. The Morgan fingerprint density at radius 1 is 1.24 bits per heavy atom. The topological polar surface area (TPSA) is 129 Å². The van der Waals surface area contributed by atoms with Crippen molar-refractivity contribution < 1.29 is 19.1 Å². The number of aryl methyl sites for hydroxylation is 2. The highest BCUT2D eigenvalue weighted by atomic mass is 32.1. The summed E-state index contributed by atoms with van der Waals surface area (Å²) < 4.78 is 6.82. The number of fused-ring (bicyclic) bond motifs is 1. The van der Waals surface area contributed by atoms with E-state index in [1.54, 1.807) is 25.3 Å². The molecule has 3 heterocycles. The van der Waals surface area contributed by atoms with Gasteiger partial charge in [0.15, 0.2) is 5.65 Å². The summed E-state index contributed by atoms with van der Waals surface area (Å²) in [7, 11) is 0. The fourth-order valence-corrected chi connectivity index (χ4v) is 4.00. The van der Waals surface area contributed by atoms with Gasteiger partial charge in [0.2, 0.25) is 0 Å². The van der Waals surface area contributed by atoms with Crippen LogP contribution in [0.15, 0.2) is 12.3 Å². The van der Waals surface area contributed by atoms with Gasteiger partial charge >= 0.3 is 5.97 Å². The Bertz CT molecular complexity index is 1150. The van der Waals surface area contributed by atoms with Crippen LogP contribution >= 0.6 is 11.3 Å². The molecule has 0 aromatic carbocycles. The van der Waals surface area contributed by atoms with E-state index in [0.717, 1.165) is 22.7 Å². The lowest BCUT2D eigenvalue weighted by atomic mass is 10.1. The Morgan fingerprint density at radius 3 is 2.55 bits per heavy atom. The molecular formula is C19H21N5O4S. The van der Waals surface area contributed by atoms with Gasteiger partial charge in [-0.05, 0) is 46.2 Å². The van der Waals surface area contributed by atoms with Gasteiger partial charge in [-0.25, -0.2) is 14.3 Å². The maximum absolute atomic E-state index is 12.9. The number of nitrogens with zero attached hydrogens (tertiary/aromatic N) is 3. The van der Waals surface area contributed by atoms with Crippen LogP contribution in [-0.2, 0) is 4.74 Å². The molecule has 3 rings (SSSR count). The minimum absolute atomic E-state index is 0.114. The molecule has 0 unspecified atom stereocenters. The molecule has 0 atom stereocenters. The Hall–Kier alpha value is -3.27. The van der Waals surface area contributed by atoms with Gasteiger partial charge in [-0.2, -0.15) is 5.10 Å². The zero-order valence-corrected chi connectivity index (χ0v) is 17.5. The fraction of sp³-hybridized carbons (Fsp3) is 0.316. The second-order valence-electron chi connectivity index (χ2n) is 6.87. The Balaban J connectivity index is 2.04. The van der Waals surface area contributed by atoms with Crippen molar-refractivity contribution in [3.05, 3.63) is 45.2 Å². The van der Waals surface area contributed by atoms with Crippen LogP contribution in [0.1, 0.15) is 61.2 Å². The molecule has 0 aliphatic heterocycles. The van der Waals surface area contributed by atoms with Gasteiger partial charge in [0.1, 0.15) is 10.6 Å². The summed E-state index contributed by atoms with van der Waals surface area (Å²) in [6, 6.07) is 1.85. The number of nitrogens with two attached hydrogens (primary N) is 1. The van der Waals surface area contributed by atoms with E-state index in [1.165, 1.54) is 6.20 Å². The third kappa shape index (κ3) is 3.83. The van der Waals surface area contributed by atoms with Crippen molar-refractivity contribution in [1.82, 2.24) is 14.6 Å². The molecule has 0 saturated heterocycles. The number of amides is 2. The number of primary amides is 1. The molecule has 3 aromatic rings. The number of anilines is 1. The number of hydrogen-bond donors (Lipinski definition) is 2. The molecule has 0 spiro atoms. The molecule has 152 valence electrons. The van der Waals surface area contributed by atoms with Crippen LogP contribution in [0.2, 0.25) is 0 Å². The SMILES string of the molecule is Cc1cc(C)n2ncc(C(=O)Nc3sc(C(N)=O)c(C)c3C(=O)OC(C)C)c2n1. The Morgan fingerprint density at radius 2 is 1.93 bits per heavy atom. The molecule has 2 amide bonds. The number of carbonyl (C=O) groups is 3. The van der Waals surface area contributed by atoms with Crippen LogP contribution in [0.5, 0.6) is 0 Å². The quantitative estimate of drug-likeness (QED) is 0.616. The zero-order chi connectivity index (χ0) is 21.5. The average molecular weight is 415 g/mol. The Labute approximate surface area is 170 Å². The molecule has 0 bridgehead atoms. The fourth-order valence-electron chi connectivity index (χ4n) is 2.96. The highest BCUT2D eigenvalue weighted by Gasteiger charge is 2.27. The second kappa shape index (κ2) is 7.63. The van der Waals surface area contributed by atoms with Crippen molar-refractivity contribution in [2.24, 2.45) is 5.73 Å². The van der Waals surface area contributed by atoms with E-state index in [9.17, 15) is 14.4 Å². The molecule has 0 aliphatic carbocycles. The molecule has 3 N–H and O–H groups in total. The number of esters is 1. The van der Waals surface area contributed by atoms with Crippen LogP contribution in [0, 0.1) is 20.8 Å². The van der Waals surface area contributed by atoms with Crippen LogP contribution in [0.3, 0.4) is 0 Å². The summed E-state index contributed by atoms with van der Waals surface area (Å²) in [5.74, 6) is -1.83. The first-order valence-corrected chi connectivity index (χ1v) is 9.69. The predicted octanol–water partition coefficient (Wildman–Crippen LogP) is 2.63. The first kappa shape index (κ1) is 20.5. The number of carbonyl (C=O) groups excluding carboxylic acids is 3. The van der Waals surface area contributed by atoms with E-state index < -0.39 is 17.8 Å². The maximum Gasteiger partial charge on any atom is 0.341 e. The minimum atomic E-state index is -0.685. The van der Waals surface area contributed by atoms with E-state index in [1.807, 2.05) is 19.9 Å². The molecule has 9 nitrogen and oxygen atoms in total.